The van der Waals surface area contributed by atoms with Crippen molar-refractivity contribution >= 4 is 17.7 Å². The van der Waals surface area contributed by atoms with Crippen LogP contribution in [0.15, 0.2) is 18.2 Å². The zero-order valence-corrected chi connectivity index (χ0v) is 11.9. The van der Waals surface area contributed by atoms with Crippen LogP contribution in [0.1, 0.15) is 43.0 Å². The van der Waals surface area contributed by atoms with Crippen LogP contribution in [0.2, 0.25) is 0 Å². The Morgan fingerprint density at radius 1 is 1.43 bits per heavy atom. The van der Waals surface area contributed by atoms with Gasteiger partial charge in [-0.25, -0.2) is 14.0 Å². The molecule has 1 heterocycles. The van der Waals surface area contributed by atoms with Crippen molar-refractivity contribution in [1.29, 1.82) is 0 Å². The molecule has 1 fully saturated rings. The van der Waals surface area contributed by atoms with Crippen LogP contribution in [-0.4, -0.2) is 34.6 Å². The van der Waals surface area contributed by atoms with Gasteiger partial charge in [0, 0.05) is 12.6 Å². The molecule has 1 saturated heterocycles. The lowest BCUT2D eigenvalue weighted by Crippen LogP contribution is -2.45. The first-order valence-electron chi connectivity index (χ1n) is 7.13. The van der Waals surface area contributed by atoms with Crippen LogP contribution < -0.4 is 5.32 Å². The van der Waals surface area contributed by atoms with E-state index in [1.807, 2.05) is 6.92 Å². The van der Waals surface area contributed by atoms with Crippen LogP contribution in [-0.2, 0) is 0 Å². The molecule has 0 spiro atoms. The number of carboxylic acids is 1. The van der Waals surface area contributed by atoms with Crippen LogP contribution in [0.3, 0.4) is 0 Å². The number of hydrogen-bond donors (Lipinski definition) is 2. The van der Waals surface area contributed by atoms with Crippen LogP contribution in [0.4, 0.5) is 14.9 Å². The lowest BCUT2D eigenvalue weighted by molar-refractivity contribution is 0.0697. The number of halogens is 1. The van der Waals surface area contributed by atoms with Gasteiger partial charge in [0.1, 0.15) is 5.82 Å². The molecule has 1 unspecified atom stereocenters. The van der Waals surface area contributed by atoms with Gasteiger partial charge in [0.2, 0.25) is 0 Å². The van der Waals surface area contributed by atoms with Crippen molar-refractivity contribution in [3.05, 3.63) is 29.6 Å². The summed E-state index contributed by atoms with van der Waals surface area (Å²) in [6.45, 7) is 2.69. The van der Waals surface area contributed by atoms with E-state index in [0.29, 0.717) is 6.54 Å². The number of nitrogens with one attached hydrogen (secondary N) is 1. The number of aromatic carboxylic acids is 1. The highest BCUT2D eigenvalue weighted by atomic mass is 19.1. The van der Waals surface area contributed by atoms with Crippen LogP contribution >= 0.6 is 0 Å². The molecule has 0 bridgehead atoms. The normalized spacial score (nSPS) is 18.4. The maximum absolute atomic E-state index is 13.1. The first-order chi connectivity index (χ1) is 10.0. The minimum Gasteiger partial charge on any atom is -0.478 e. The van der Waals surface area contributed by atoms with Crippen molar-refractivity contribution in [2.24, 2.45) is 0 Å². The average molecular weight is 294 g/mol. The Hall–Kier alpha value is -2.11. The number of urea groups is 1. The van der Waals surface area contributed by atoms with Gasteiger partial charge in [-0.2, -0.15) is 0 Å². The Labute approximate surface area is 122 Å². The maximum Gasteiger partial charge on any atom is 0.337 e. The van der Waals surface area contributed by atoms with E-state index in [2.05, 4.69) is 5.32 Å². The van der Waals surface area contributed by atoms with Gasteiger partial charge < -0.3 is 15.3 Å². The minimum absolute atomic E-state index is 0.120. The fourth-order valence-electron chi connectivity index (χ4n) is 2.68. The van der Waals surface area contributed by atoms with Gasteiger partial charge in [0.05, 0.1) is 11.3 Å². The average Bonchev–Trinajstić information content (AvgIpc) is 2.48. The fraction of sp³-hybridized carbons (Fsp3) is 0.467. The number of piperidine rings is 1. The van der Waals surface area contributed by atoms with Gasteiger partial charge in [0.25, 0.3) is 0 Å². The van der Waals surface area contributed by atoms with Gasteiger partial charge >= 0.3 is 12.0 Å². The molecule has 1 aliphatic heterocycles. The van der Waals surface area contributed by atoms with Crippen LogP contribution in [0.5, 0.6) is 0 Å². The molecule has 1 aromatic rings. The molecule has 2 amide bonds. The number of rotatable bonds is 3. The molecule has 1 aromatic carbocycles. The number of carbonyl (C=O) groups is 2. The number of likely N-dealkylation sites (tertiary alicyclic amines) is 1. The van der Waals surface area contributed by atoms with E-state index in [-0.39, 0.29) is 23.3 Å². The van der Waals surface area contributed by atoms with E-state index in [4.69, 9.17) is 5.11 Å². The highest BCUT2D eigenvalue weighted by Crippen LogP contribution is 2.22. The van der Waals surface area contributed by atoms with Gasteiger partial charge in [-0.3, -0.25) is 0 Å². The van der Waals surface area contributed by atoms with E-state index >= 15 is 0 Å². The van der Waals surface area contributed by atoms with E-state index in [1.165, 1.54) is 6.07 Å². The Balaban J connectivity index is 2.17. The number of benzene rings is 1. The summed E-state index contributed by atoms with van der Waals surface area (Å²) in [7, 11) is 0. The molecule has 5 nitrogen and oxygen atoms in total. The monoisotopic (exact) mass is 294 g/mol. The molecule has 2 rings (SSSR count). The van der Waals surface area contributed by atoms with Gasteiger partial charge in [-0.1, -0.05) is 6.92 Å². The SMILES string of the molecule is CCC1CCCCN1C(=O)Nc1ccc(F)cc1C(=O)O. The van der Waals surface area contributed by atoms with Crippen LogP contribution in [0, 0.1) is 5.82 Å². The molecule has 0 saturated carbocycles. The molecule has 0 aliphatic carbocycles. The second kappa shape index (κ2) is 6.56. The highest BCUT2D eigenvalue weighted by molar-refractivity contribution is 6.00. The first-order valence-corrected chi connectivity index (χ1v) is 7.13. The Bertz CT molecular complexity index is 548. The van der Waals surface area contributed by atoms with Crippen molar-refractivity contribution in [1.82, 2.24) is 4.90 Å². The predicted molar refractivity (Wildman–Crippen MR) is 77.0 cm³/mol. The standard InChI is InChI=1S/C15H19FN2O3/c1-2-11-5-3-4-8-18(11)15(21)17-13-7-6-10(16)9-12(13)14(19)20/h6-7,9,11H,2-5,8H2,1H3,(H,17,21)(H,19,20). The molecule has 0 aromatic heterocycles. The summed E-state index contributed by atoms with van der Waals surface area (Å²) >= 11 is 0. The maximum atomic E-state index is 13.1. The van der Waals surface area contributed by atoms with E-state index in [0.717, 1.165) is 37.8 Å². The summed E-state index contributed by atoms with van der Waals surface area (Å²) in [5, 5.41) is 11.7. The van der Waals surface area contributed by atoms with E-state index < -0.39 is 11.8 Å². The number of nitrogens with zero attached hydrogens (tertiary/aromatic N) is 1. The van der Waals surface area contributed by atoms with Gasteiger partial charge in [-0.05, 0) is 43.9 Å². The molecule has 1 atom stereocenters. The molecule has 2 N–H and O–H groups in total. The smallest absolute Gasteiger partial charge is 0.337 e. The summed E-state index contributed by atoms with van der Waals surface area (Å²) in [5.41, 5.74) is -0.122. The summed E-state index contributed by atoms with van der Waals surface area (Å²) in [6, 6.07) is 3.17. The molecular weight excluding hydrogens is 275 g/mol. The quantitative estimate of drug-likeness (QED) is 0.898. The molecule has 0 radical (unpaired) electrons. The minimum atomic E-state index is -1.27. The second-order valence-electron chi connectivity index (χ2n) is 5.18. The van der Waals surface area contributed by atoms with Gasteiger partial charge in [-0.15, -0.1) is 0 Å². The Morgan fingerprint density at radius 2 is 2.19 bits per heavy atom. The third kappa shape index (κ3) is 3.51. The number of hydrogen-bond acceptors (Lipinski definition) is 2. The lowest BCUT2D eigenvalue weighted by atomic mass is 10.0. The zero-order valence-electron chi connectivity index (χ0n) is 11.9. The summed E-state index contributed by atoms with van der Waals surface area (Å²) in [6.07, 6.45) is 3.86. The summed E-state index contributed by atoms with van der Waals surface area (Å²) in [4.78, 5) is 25.2. The van der Waals surface area contributed by atoms with Crippen molar-refractivity contribution in [2.75, 3.05) is 11.9 Å². The van der Waals surface area contributed by atoms with E-state index in [1.54, 1.807) is 4.90 Å². The Morgan fingerprint density at radius 3 is 2.86 bits per heavy atom. The molecule has 6 heteroatoms. The second-order valence-corrected chi connectivity index (χ2v) is 5.18. The topological polar surface area (TPSA) is 69.6 Å². The predicted octanol–water partition coefficient (Wildman–Crippen LogP) is 3.32. The van der Waals surface area contributed by atoms with Crippen molar-refractivity contribution in [3.8, 4) is 0 Å². The fourth-order valence-corrected chi connectivity index (χ4v) is 2.68. The zero-order chi connectivity index (χ0) is 15.4. The van der Waals surface area contributed by atoms with E-state index in [9.17, 15) is 14.0 Å². The third-order valence-corrected chi connectivity index (χ3v) is 3.81. The summed E-state index contributed by atoms with van der Waals surface area (Å²) in [5.74, 6) is -1.91. The van der Waals surface area contributed by atoms with Crippen LogP contribution in [0.25, 0.3) is 0 Å². The highest BCUT2D eigenvalue weighted by Gasteiger charge is 2.26. The first kappa shape index (κ1) is 15.3. The number of amides is 2. The number of carboxylic acid groups (broad SMARTS) is 1. The lowest BCUT2D eigenvalue weighted by Gasteiger charge is -2.35. The molecular formula is C15H19FN2O3. The number of anilines is 1. The van der Waals surface area contributed by atoms with Crippen molar-refractivity contribution in [3.63, 3.8) is 0 Å². The van der Waals surface area contributed by atoms with Crippen molar-refractivity contribution in [2.45, 2.75) is 38.6 Å². The largest absolute Gasteiger partial charge is 0.478 e. The van der Waals surface area contributed by atoms with Crippen molar-refractivity contribution < 1.29 is 19.1 Å². The molecule has 21 heavy (non-hydrogen) atoms. The summed E-state index contributed by atoms with van der Waals surface area (Å²) < 4.78 is 13.1. The molecule has 114 valence electrons. The number of carbonyl (C=O) groups excluding carboxylic acids is 1. The Kier molecular flexibility index (Phi) is 4.77. The van der Waals surface area contributed by atoms with Gasteiger partial charge in [0.15, 0.2) is 0 Å². The third-order valence-electron chi connectivity index (χ3n) is 3.81. The molecule has 1 aliphatic rings.